The van der Waals surface area contributed by atoms with Gasteiger partial charge in [0.15, 0.2) is 0 Å². The summed E-state index contributed by atoms with van der Waals surface area (Å²) in [6.45, 7) is 0. The van der Waals surface area contributed by atoms with Crippen LogP contribution >= 0.6 is 0 Å². The van der Waals surface area contributed by atoms with E-state index >= 15 is 0 Å². The summed E-state index contributed by atoms with van der Waals surface area (Å²) in [7, 11) is 0. The molecule has 0 aliphatic rings. The van der Waals surface area contributed by atoms with E-state index in [2.05, 4.69) is 170 Å². The SMILES string of the molecule is c1cc(-c2ccc3ccccc3c2)cc(-c2c3ccccc3c(-c3cccc4oc5c6ccccc6ccc5c34)c3ccccc23)c1. The van der Waals surface area contributed by atoms with Gasteiger partial charge in [-0.15, -0.1) is 0 Å². The quantitative estimate of drug-likeness (QED) is 0.185. The van der Waals surface area contributed by atoms with E-state index in [-0.39, 0.29) is 0 Å². The highest BCUT2D eigenvalue weighted by Gasteiger charge is 2.21. The van der Waals surface area contributed by atoms with Gasteiger partial charge in [0, 0.05) is 16.2 Å². The van der Waals surface area contributed by atoms with E-state index in [1.54, 1.807) is 0 Å². The van der Waals surface area contributed by atoms with Crippen molar-refractivity contribution in [3.8, 4) is 33.4 Å². The molecule has 0 atom stereocenters. The topological polar surface area (TPSA) is 13.1 Å². The van der Waals surface area contributed by atoms with Gasteiger partial charge >= 0.3 is 0 Å². The fraction of sp³-hybridized carbons (Fsp3) is 0. The molecule has 1 nitrogen and oxygen atoms in total. The Kier molecular flexibility index (Phi) is 5.64. The Morgan fingerprint density at radius 2 is 0.894 bits per heavy atom. The summed E-state index contributed by atoms with van der Waals surface area (Å²) >= 11 is 0. The molecule has 0 unspecified atom stereocenters. The predicted molar refractivity (Wildman–Crippen MR) is 200 cm³/mol. The molecule has 47 heavy (non-hydrogen) atoms. The van der Waals surface area contributed by atoms with Gasteiger partial charge in [-0.1, -0.05) is 146 Å². The Morgan fingerprint density at radius 1 is 0.319 bits per heavy atom. The molecule has 0 spiro atoms. The number of fused-ring (bicyclic) bond motifs is 8. The maximum atomic E-state index is 6.63. The van der Waals surface area contributed by atoms with Crippen LogP contribution in [0.2, 0.25) is 0 Å². The molecule has 10 rings (SSSR count). The Bertz CT molecular complexity index is 2800. The van der Waals surface area contributed by atoms with E-state index in [9.17, 15) is 0 Å². The molecule has 9 aromatic carbocycles. The van der Waals surface area contributed by atoms with Crippen molar-refractivity contribution in [2.75, 3.05) is 0 Å². The monoisotopic (exact) mass is 596 g/mol. The Labute approximate surface area is 271 Å². The first-order chi connectivity index (χ1) is 23.3. The van der Waals surface area contributed by atoms with E-state index in [4.69, 9.17) is 4.42 Å². The van der Waals surface area contributed by atoms with Gasteiger partial charge in [0.2, 0.25) is 0 Å². The molecule has 1 heterocycles. The van der Waals surface area contributed by atoms with Crippen LogP contribution in [0.4, 0.5) is 0 Å². The first kappa shape index (κ1) is 26.1. The highest BCUT2D eigenvalue weighted by atomic mass is 16.3. The number of rotatable bonds is 3. The van der Waals surface area contributed by atoms with Crippen molar-refractivity contribution in [2.45, 2.75) is 0 Å². The minimum Gasteiger partial charge on any atom is -0.455 e. The van der Waals surface area contributed by atoms with Crippen LogP contribution in [-0.2, 0) is 0 Å². The lowest BCUT2D eigenvalue weighted by Crippen LogP contribution is -1.91. The summed E-state index contributed by atoms with van der Waals surface area (Å²) in [5, 5.41) is 12.1. The fourth-order valence-electron chi connectivity index (χ4n) is 7.71. The van der Waals surface area contributed by atoms with Crippen molar-refractivity contribution in [1.82, 2.24) is 0 Å². The molecular formula is C46H28O. The second kappa shape index (κ2) is 10.2. The Balaban J connectivity index is 1.26. The molecule has 0 saturated carbocycles. The summed E-state index contributed by atoms with van der Waals surface area (Å²) in [4.78, 5) is 0. The molecule has 0 bridgehead atoms. The molecule has 10 aromatic rings. The first-order valence-electron chi connectivity index (χ1n) is 16.2. The standard InChI is InChI=1S/C46H28O/c1-2-13-31-27-33(24-23-29(31)11-1)32-14-9-15-34(28-32)43-36-17-5-7-19-38(36)44(39-20-8-6-18-37(39)43)40-21-10-22-42-45(40)41-26-25-30-12-3-4-16-35(30)46(41)47-42/h1-28H. The van der Waals surface area contributed by atoms with Crippen LogP contribution in [0.15, 0.2) is 174 Å². The zero-order valence-electron chi connectivity index (χ0n) is 25.6. The molecule has 0 fully saturated rings. The summed E-state index contributed by atoms with van der Waals surface area (Å²) in [5.41, 5.74) is 9.21. The van der Waals surface area contributed by atoms with Crippen LogP contribution in [0.1, 0.15) is 0 Å². The number of hydrogen-bond acceptors (Lipinski definition) is 1. The van der Waals surface area contributed by atoms with Crippen molar-refractivity contribution < 1.29 is 4.42 Å². The van der Waals surface area contributed by atoms with Gasteiger partial charge in [0.1, 0.15) is 11.2 Å². The van der Waals surface area contributed by atoms with E-state index in [0.717, 1.165) is 27.3 Å². The Hall–Kier alpha value is -6.18. The zero-order chi connectivity index (χ0) is 30.9. The van der Waals surface area contributed by atoms with Crippen molar-refractivity contribution in [1.29, 1.82) is 0 Å². The minimum absolute atomic E-state index is 0.911. The normalized spacial score (nSPS) is 11.8. The second-order valence-corrected chi connectivity index (χ2v) is 12.4. The maximum absolute atomic E-state index is 6.63. The maximum Gasteiger partial charge on any atom is 0.143 e. The molecule has 218 valence electrons. The van der Waals surface area contributed by atoms with Crippen molar-refractivity contribution in [2.24, 2.45) is 0 Å². The summed E-state index contributed by atoms with van der Waals surface area (Å²) < 4.78 is 6.63. The lowest BCUT2D eigenvalue weighted by Gasteiger charge is -2.18. The van der Waals surface area contributed by atoms with Crippen LogP contribution in [0.3, 0.4) is 0 Å². The van der Waals surface area contributed by atoms with E-state index in [1.807, 2.05) is 0 Å². The third-order valence-electron chi connectivity index (χ3n) is 9.82. The Morgan fingerprint density at radius 3 is 1.66 bits per heavy atom. The minimum atomic E-state index is 0.911. The van der Waals surface area contributed by atoms with Gasteiger partial charge in [0.05, 0.1) is 0 Å². The van der Waals surface area contributed by atoms with Crippen LogP contribution in [-0.4, -0.2) is 0 Å². The third kappa shape index (κ3) is 3.97. The molecule has 0 aliphatic heterocycles. The predicted octanol–water partition coefficient (Wildman–Crippen LogP) is 13.2. The molecule has 0 aliphatic carbocycles. The second-order valence-electron chi connectivity index (χ2n) is 12.4. The fourth-order valence-corrected chi connectivity index (χ4v) is 7.71. The first-order valence-corrected chi connectivity index (χ1v) is 16.2. The molecular weight excluding hydrogens is 569 g/mol. The number of benzene rings is 9. The van der Waals surface area contributed by atoms with Gasteiger partial charge in [-0.05, 0) is 95.3 Å². The summed E-state index contributed by atoms with van der Waals surface area (Å²) in [6, 6.07) is 61.6. The molecule has 0 saturated heterocycles. The van der Waals surface area contributed by atoms with E-state index < -0.39 is 0 Å². The van der Waals surface area contributed by atoms with Crippen molar-refractivity contribution >= 4 is 65.0 Å². The van der Waals surface area contributed by atoms with Crippen LogP contribution in [0.25, 0.3) is 98.4 Å². The number of furan rings is 1. The zero-order valence-corrected chi connectivity index (χ0v) is 25.6. The highest BCUT2D eigenvalue weighted by Crippen LogP contribution is 2.47. The molecule has 0 N–H and O–H groups in total. The van der Waals surface area contributed by atoms with Gasteiger partial charge in [0.25, 0.3) is 0 Å². The average molecular weight is 597 g/mol. The van der Waals surface area contributed by atoms with Gasteiger partial charge in [-0.25, -0.2) is 0 Å². The van der Waals surface area contributed by atoms with E-state index in [1.165, 1.54) is 71.1 Å². The lowest BCUT2D eigenvalue weighted by atomic mass is 9.84. The molecule has 0 amide bonds. The largest absolute Gasteiger partial charge is 0.455 e. The average Bonchev–Trinajstić information content (AvgIpc) is 3.53. The summed E-state index contributed by atoms with van der Waals surface area (Å²) in [5.74, 6) is 0. The highest BCUT2D eigenvalue weighted by molar-refractivity contribution is 6.27. The number of hydrogen-bond donors (Lipinski definition) is 0. The molecule has 0 radical (unpaired) electrons. The third-order valence-corrected chi connectivity index (χ3v) is 9.82. The van der Waals surface area contributed by atoms with Crippen LogP contribution in [0.5, 0.6) is 0 Å². The van der Waals surface area contributed by atoms with Gasteiger partial charge < -0.3 is 4.42 Å². The van der Waals surface area contributed by atoms with Crippen LogP contribution in [0, 0.1) is 0 Å². The lowest BCUT2D eigenvalue weighted by molar-refractivity contribution is 0.673. The smallest absolute Gasteiger partial charge is 0.143 e. The van der Waals surface area contributed by atoms with E-state index in [0.29, 0.717) is 0 Å². The van der Waals surface area contributed by atoms with Crippen LogP contribution < -0.4 is 0 Å². The van der Waals surface area contributed by atoms with Crippen molar-refractivity contribution in [3.05, 3.63) is 170 Å². The van der Waals surface area contributed by atoms with Gasteiger partial charge in [-0.3, -0.25) is 0 Å². The van der Waals surface area contributed by atoms with Crippen molar-refractivity contribution in [3.63, 3.8) is 0 Å². The molecule has 1 aromatic heterocycles. The summed E-state index contributed by atoms with van der Waals surface area (Å²) in [6.07, 6.45) is 0. The van der Waals surface area contributed by atoms with Gasteiger partial charge in [-0.2, -0.15) is 0 Å². The molecule has 1 heteroatoms.